The molecule has 4 atom stereocenters. The molecule has 2 N–H and O–H groups in total. The fourth-order valence-electron chi connectivity index (χ4n) is 5.71. The third-order valence-corrected chi connectivity index (χ3v) is 5.95. The number of hydrogen-bond acceptors (Lipinski definition) is 4. The maximum atomic E-state index is 12.4. The van der Waals surface area contributed by atoms with Crippen LogP contribution in [-0.4, -0.2) is 34.9 Å². The molecular weight excluding hydrogens is 284 g/mol. The van der Waals surface area contributed by atoms with E-state index in [9.17, 15) is 14.7 Å². The number of aliphatic carboxylic acids is 1. The van der Waals surface area contributed by atoms with Crippen LogP contribution in [0.4, 0.5) is 0 Å². The molecule has 0 aromatic rings. The fourth-order valence-corrected chi connectivity index (χ4v) is 5.71. The van der Waals surface area contributed by atoms with Crippen LogP contribution in [0.15, 0.2) is 11.6 Å². The van der Waals surface area contributed by atoms with Crippen LogP contribution < -0.4 is 0 Å². The topological polar surface area (TPSA) is 83.8 Å². The Bertz CT molecular complexity index is 553. The summed E-state index contributed by atoms with van der Waals surface area (Å²) in [6.07, 6.45) is 6.75. The summed E-state index contributed by atoms with van der Waals surface area (Å²) in [5, 5.41) is 19.9. The molecule has 5 nitrogen and oxygen atoms in total. The standard InChI is InChI=1S/C17H24O5/c1-11(13(18)19)3-4-15-5-12-6-16(8-15,14(20)22-2)10-17(21,7-12)9-15/h3,12,21H,4-10H2,1-2H3,(H,18,19). The summed E-state index contributed by atoms with van der Waals surface area (Å²) in [6, 6.07) is 0. The van der Waals surface area contributed by atoms with Crippen molar-refractivity contribution in [2.24, 2.45) is 16.7 Å². The second-order valence-electron chi connectivity index (χ2n) is 7.90. The average molecular weight is 308 g/mol. The summed E-state index contributed by atoms with van der Waals surface area (Å²) >= 11 is 0. The highest BCUT2D eigenvalue weighted by molar-refractivity contribution is 5.85. The van der Waals surface area contributed by atoms with Crippen molar-refractivity contribution in [3.05, 3.63) is 11.6 Å². The lowest BCUT2D eigenvalue weighted by Gasteiger charge is -2.63. The molecule has 4 fully saturated rings. The summed E-state index contributed by atoms with van der Waals surface area (Å²) in [4.78, 5) is 23.4. The van der Waals surface area contributed by atoms with Crippen molar-refractivity contribution < 1.29 is 24.5 Å². The normalized spacial score (nSPS) is 43.2. The highest BCUT2D eigenvalue weighted by atomic mass is 16.5. The van der Waals surface area contributed by atoms with Gasteiger partial charge in [0.1, 0.15) is 0 Å². The molecule has 4 aliphatic carbocycles. The maximum absolute atomic E-state index is 12.4. The number of carbonyl (C=O) groups is 2. The van der Waals surface area contributed by atoms with Crippen LogP contribution in [0, 0.1) is 16.7 Å². The third kappa shape index (κ3) is 2.35. The van der Waals surface area contributed by atoms with E-state index in [4.69, 9.17) is 9.84 Å². The lowest BCUT2D eigenvalue weighted by molar-refractivity contribution is -0.214. The molecular formula is C17H24O5. The molecule has 4 bridgehead atoms. The van der Waals surface area contributed by atoms with Gasteiger partial charge in [-0.1, -0.05) is 6.08 Å². The first-order chi connectivity index (χ1) is 10.2. The molecule has 22 heavy (non-hydrogen) atoms. The summed E-state index contributed by atoms with van der Waals surface area (Å²) in [5.74, 6) is -0.789. The molecule has 122 valence electrons. The van der Waals surface area contributed by atoms with Gasteiger partial charge in [-0.3, -0.25) is 4.79 Å². The predicted octanol–water partition coefficient (Wildman–Crippen LogP) is 2.28. The summed E-state index contributed by atoms with van der Waals surface area (Å²) in [5.41, 5.74) is -1.21. The van der Waals surface area contributed by atoms with E-state index in [0.717, 1.165) is 19.3 Å². The average Bonchev–Trinajstić information content (AvgIpc) is 2.41. The van der Waals surface area contributed by atoms with E-state index >= 15 is 0 Å². The number of methoxy groups -OCH3 is 1. The highest BCUT2D eigenvalue weighted by Crippen LogP contribution is 2.68. The zero-order chi connectivity index (χ0) is 16.2. The van der Waals surface area contributed by atoms with Crippen molar-refractivity contribution in [1.82, 2.24) is 0 Å². The molecule has 0 aliphatic heterocycles. The molecule has 0 aromatic carbocycles. The molecule has 0 radical (unpaired) electrons. The molecule has 0 heterocycles. The second kappa shape index (κ2) is 4.82. The Labute approximate surface area is 130 Å². The second-order valence-corrected chi connectivity index (χ2v) is 7.90. The van der Waals surface area contributed by atoms with E-state index in [0.29, 0.717) is 37.2 Å². The Balaban J connectivity index is 1.91. The van der Waals surface area contributed by atoms with Crippen LogP contribution in [0.25, 0.3) is 0 Å². The van der Waals surface area contributed by atoms with E-state index in [1.807, 2.05) is 0 Å². The van der Waals surface area contributed by atoms with Gasteiger partial charge < -0.3 is 14.9 Å². The smallest absolute Gasteiger partial charge is 0.330 e. The van der Waals surface area contributed by atoms with Crippen molar-refractivity contribution in [3.63, 3.8) is 0 Å². The number of hydrogen-bond donors (Lipinski definition) is 2. The minimum absolute atomic E-state index is 0.168. The van der Waals surface area contributed by atoms with Gasteiger partial charge >= 0.3 is 11.9 Å². The maximum Gasteiger partial charge on any atom is 0.330 e. The van der Waals surface area contributed by atoms with Crippen LogP contribution >= 0.6 is 0 Å². The predicted molar refractivity (Wildman–Crippen MR) is 79.0 cm³/mol. The molecule has 4 aliphatic rings. The molecule has 4 saturated carbocycles. The van der Waals surface area contributed by atoms with Gasteiger partial charge in [-0.2, -0.15) is 0 Å². The first-order valence-corrected chi connectivity index (χ1v) is 7.93. The first kappa shape index (κ1) is 15.5. The van der Waals surface area contributed by atoms with E-state index in [1.165, 1.54) is 7.11 Å². The number of carbonyl (C=O) groups excluding carboxylic acids is 1. The lowest BCUT2D eigenvalue weighted by Crippen LogP contribution is -2.62. The van der Waals surface area contributed by atoms with Gasteiger partial charge in [0.2, 0.25) is 0 Å². The Morgan fingerprint density at radius 1 is 1.23 bits per heavy atom. The summed E-state index contributed by atoms with van der Waals surface area (Å²) in [6.45, 7) is 1.59. The van der Waals surface area contributed by atoms with Crippen molar-refractivity contribution in [2.45, 2.75) is 57.5 Å². The molecule has 5 heteroatoms. The Morgan fingerprint density at radius 2 is 1.95 bits per heavy atom. The Hall–Kier alpha value is -1.36. The molecule has 4 unspecified atom stereocenters. The SMILES string of the molecule is COC(=O)C12CC3CC(O)(CC(CC=C(C)C(=O)O)(C3)C1)C2. The summed E-state index contributed by atoms with van der Waals surface area (Å²) in [7, 11) is 1.41. The van der Waals surface area contributed by atoms with Crippen LogP contribution in [-0.2, 0) is 14.3 Å². The van der Waals surface area contributed by atoms with E-state index < -0.39 is 17.0 Å². The summed E-state index contributed by atoms with van der Waals surface area (Å²) < 4.78 is 5.03. The van der Waals surface area contributed by atoms with Crippen molar-refractivity contribution in [3.8, 4) is 0 Å². The minimum Gasteiger partial charge on any atom is -0.478 e. The van der Waals surface area contributed by atoms with Crippen LogP contribution in [0.1, 0.15) is 51.9 Å². The fraction of sp³-hybridized carbons (Fsp3) is 0.765. The highest BCUT2D eigenvalue weighted by Gasteiger charge is 2.65. The van der Waals surface area contributed by atoms with Crippen LogP contribution in [0.5, 0.6) is 0 Å². The molecule has 4 rings (SSSR count). The number of rotatable bonds is 4. The number of ether oxygens (including phenoxy) is 1. The van der Waals surface area contributed by atoms with Gasteiger partial charge in [0.05, 0.1) is 18.1 Å². The molecule has 0 amide bonds. The largest absolute Gasteiger partial charge is 0.478 e. The van der Waals surface area contributed by atoms with Crippen molar-refractivity contribution >= 4 is 11.9 Å². The van der Waals surface area contributed by atoms with Gasteiger partial charge in [-0.05, 0) is 63.2 Å². The van der Waals surface area contributed by atoms with Gasteiger partial charge in [0.25, 0.3) is 0 Å². The number of carboxylic acids is 1. The zero-order valence-corrected chi connectivity index (χ0v) is 13.2. The number of carboxylic acid groups (broad SMARTS) is 1. The van der Waals surface area contributed by atoms with Crippen LogP contribution in [0.2, 0.25) is 0 Å². The first-order valence-electron chi connectivity index (χ1n) is 7.93. The van der Waals surface area contributed by atoms with Crippen molar-refractivity contribution in [2.75, 3.05) is 7.11 Å². The van der Waals surface area contributed by atoms with Gasteiger partial charge in [-0.15, -0.1) is 0 Å². The lowest BCUT2D eigenvalue weighted by atomic mass is 9.42. The Kier molecular flexibility index (Phi) is 3.40. The number of allylic oxidation sites excluding steroid dienone is 1. The molecule has 0 aromatic heterocycles. The van der Waals surface area contributed by atoms with E-state index in [1.54, 1.807) is 13.0 Å². The number of aliphatic hydroxyl groups is 1. The minimum atomic E-state index is -0.911. The Morgan fingerprint density at radius 3 is 2.55 bits per heavy atom. The van der Waals surface area contributed by atoms with E-state index in [-0.39, 0.29) is 11.4 Å². The monoisotopic (exact) mass is 308 g/mol. The zero-order valence-electron chi connectivity index (χ0n) is 13.2. The molecule has 0 saturated heterocycles. The van der Waals surface area contributed by atoms with Crippen molar-refractivity contribution in [1.29, 1.82) is 0 Å². The third-order valence-electron chi connectivity index (χ3n) is 5.95. The van der Waals surface area contributed by atoms with Gasteiger partial charge in [-0.25, -0.2) is 4.79 Å². The van der Waals surface area contributed by atoms with Gasteiger partial charge in [0.15, 0.2) is 0 Å². The number of esters is 1. The quantitative estimate of drug-likeness (QED) is 0.615. The molecule has 0 spiro atoms. The van der Waals surface area contributed by atoms with E-state index in [2.05, 4.69) is 0 Å². The van der Waals surface area contributed by atoms with Gasteiger partial charge in [0, 0.05) is 5.57 Å². The van der Waals surface area contributed by atoms with Crippen LogP contribution in [0.3, 0.4) is 0 Å².